The summed E-state index contributed by atoms with van der Waals surface area (Å²) in [6, 6.07) is 2.34. The van der Waals surface area contributed by atoms with Gasteiger partial charge < -0.3 is 10.1 Å². The fraction of sp³-hybridized carbons (Fsp3) is 0.500. The Kier molecular flexibility index (Phi) is 8.10. The average molecular weight is 519 g/mol. The summed E-state index contributed by atoms with van der Waals surface area (Å²) >= 11 is 4.60. The second-order valence-corrected chi connectivity index (χ2v) is 11.6. The molecule has 10 heteroatoms. The van der Waals surface area contributed by atoms with E-state index < -0.39 is 0 Å². The molecule has 3 aromatic rings. The zero-order chi connectivity index (χ0) is 24.2. The summed E-state index contributed by atoms with van der Waals surface area (Å²) in [7, 11) is 1.38. The SMILES string of the molecule is CCCc1cc(-c2nnc(SCC(=O)Nc3sc4c(c3C(=O)OC)CCCC4)n2C(C)C)cs1. The Balaban J connectivity index is 1.49. The lowest BCUT2D eigenvalue weighted by Crippen LogP contribution is -2.17. The monoisotopic (exact) mass is 518 g/mol. The van der Waals surface area contributed by atoms with Crippen LogP contribution in [-0.4, -0.2) is 39.5 Å². The van der Waals surface area contributed by atoms with Crippen molar-refractivity contribution in [2.75, 3.05) is 18.2 Å². The van der Waals surface area contributed by atoms with Crippen molar-refractivity contribution in [2.24, 2.45) is 0 Å². The first-order valence-electron chi connectivity index (χ1n) is 11.6. The zero-order valence-corrected chi connectivity index (χ0v) is 22.4. The second kappa shape index (κ2) is 11.0. The third-order valence-corrected chi connectivity index (χ3v) is 8.88. The van der Waals surface area contributed by atoms with Crippen molar-refractivity contribution < 1.29 is 14.3 Å². The van der Waals surface area contributed by atoms with Gasteiger partial charge in [0, 0.05) is 26.7 Å². The Morgan fingerprint density at radius 1 is 1.26 bits per heavy atom. The van der Waals surface area contributed by atoms with E-state index in [4.69, 9.17) is 4.74 Å². The third-order valence-electron chi connectivity index (χ3n) is 5.74. The number of carbonyl (C=O) groups is 2. The van der Waals surface area contributed by atoms with Crippen molar-refractivity contribution in [3.63, 3.8) is 0 Å². The number of nitrogens with one attached hydrogen (secondary N) is 1. The first kappa shape index (κ1) is 24.9. The van der Waals surface area contributed by atoms with Crippen LogP contribution >= 0.6 is 34.4 Å². The van der Waals surface area contributed by atoms with Gasteiger partial charge in [-0.15, -0.1) is 32.9 Å². The van der Waals surface area contributed by atoms with Gasteiger partial charge in [0.15, 0.2) is 11.0 Å². The van der Waals surface area contributed by atoms with E-state index in [1.807, 2.05) is 0 Å². The lowest BCUT2D eigenvalue weighted by molar-refractivity contribution is -0.113. The first-order chi connectivity index (χ1) is 16.4. The molecular weight excluding hydrogens is 488 g/mol. The molecule has 1 aliphatic carbocycles. The molecule has 0 fully saturated rings. The van der Waals surface area contributed by atoms with Crippen LogP contribution in [0, 0.1) is 0 Å². The quantitative estimate of drug-likeness (QED) is 0.276. The predicted octanol–water partition coefficient (Wildman–Crippen LogP) is 6.00. The topological polar surface area (TPSA) is 86.1 Å². The molecule has 0 unspecified atom stereocenters. The summed E-state index contributed by atoms with van der Waals surface area (Å²) < 4.78 is 7.09. The lowest BCUT2D eigenvalue weighted by Gasteiger charge is -2.13. The molecule has 0 aromatic carbocycles. The van der Waals surface area contributed by atoms with E-state index in [-0.39, 0.29) is 23.7 Å². The summed E-state index contributed by atoms with van der Waals surface area (Å²) in [6.07, 6.45) is 6.12. The summed E-state index contributed by atoms with van der Waals surface area (Å²) in [6.45, 7) is 6.36. The molecule has 182 valence electrons. The van der Waals surface area contributed by atoms with E-state index in [9.17, 15) is 9.59 Å². The van der Waals surface area contributed by atoms with Crippen LogP contribution in [0.25, 0.3) is 11.4 Å². The molecule has 1 amide bonds. The van der Waals surface area contributed by atoms with Gasteiger partial charge in [-0.05, 0) is 57.6 Å². The maximum Gasteiger partial charge on any atom is 0.341 e. The highest BCUT2D eigenvalue weighted by Gasteiger charge is 2.27. The average Bonchev–Trinajstić information content (AvgIpc) is 3.53. The molecule has 1 N–H and O–H groups in total. The van der Waals surface area contributed by atoms with Crippen LogP contribution in [0.4, 0.5) is 5.00 Å². The normalized spacial score (nSPS) is 13.2. The molecule has 1 aliphatic rings. The van der Waals surface area contributed by atoms with Gasteiger partial charge in [0.2, 0.25) is 5.91 Å². The van der Waals surface area contributed by atoms with E-state index in [1.54, 1.807) is 11.3 Å². The molecule has 4 rings (SSSR count). The molecular formula is C24H30N4O3S3. The Bertz CT molecular complexity index is 1180. The van der Waals surface area contributed by atoms with Crippen LogP contribution in [-0.2, 0) is 28.8 Å². The lowest BCUT2D eigenvalue weighted by atomic mass is 9.95. The molecule has 34 heavy (non-hydrogen) atoms. The van der Waals surface area contributed by atoms with Crippen LogP contribution in [0.5, 0.6) is 0 Å². The number of anilines is 1. The fourth-order valence-electron chi connectivity index (χ4n) is 4.18. The Morgan fingerprint density at radius 2 is 2.06 bits per heavy atom. The van der Waals surface area contributed by atoms with E-state index in [1.165, 1.54) is 40.0 Å². The fourth-order valence-corrected chi connectivity index (χ4v) is 7.31. The number of thioether (sulfide) groups is 1. The number of nitrogens with zero attached hydrogens (tertiary/aromatic N) is 3. The number of esters is 1. The highest BCUT2D eigenvalue weighted by molar-refractivity contribution is 7.99. The number of methoxy groups -OCH3 is 1. The predicted molar refractivity (Wildman–Crippen MR) is 139 cm³/mol. The van der Waals surface area contributed by atoms with Crippen LogP contribution in [0.15, 0.2) is 16.6 Å². The summed E-state index contributed by atoms with van der Waals surface area (Å²) in [5, 5.41) is 15.2. The number of hydrogen-bond donors (Lipinski definition) is 1. The number of carbonyl (C=O) groups excluding carboxylic acids is 2. The summed E-state index contributed by atoms with van der Waals surface area (Å²) in [5.41, 5.74) is 2.62. The number of hydrogen-bond acceptors (Lipinski definition) is 8. The van der Waals surface area contributed by atoms with E-state index in [0.717, 1.165) is 55.5 Å². The number of ether oxygens (including phenoxy) is 1. The minimum absolute atomic E-state index is 0.153. The highest BCUT2D eigenvalue weighted by Crippen LogP contribution is 2.39. The van der Waals surface area contributed by atoms with E-state index in [2.05, 4.69) is 52.3 Å². The zero-order valence-electron chi connectivity index (χ0n) is 20.0. The molecule has 0 saturated heterocycles. The van der Waals surface area contributed by atoms with Gasteiger partial charge in [-0.3, -0.25) is 9.36 Å². The standard InChI is InChI=1S/C24H30N4O3S3/c1-5-8-16-11-15(12-32-16)21-26-27-24(28(21)14(2)3)33-13-19(29)25-22-20(23(30)31-4)17-9-6-7-10-18(17)34-22/h11-12,14H,5-10,13H2,1-4H3,(H,25,29). The molecule has 7 nitrogen and oxygen atoms in total. The van der Waals surface area contributed by atoms with Crippen molar-refractivity contribution in [1.82, 2.24) is 14.8 Å². The van der Waals surface area contributed by atoms with Crippen LogP contribution in [0.1, 0.15) is 71.8 Å². The van der Waals surface area contributed by atoms with Gasteiger partial charge in [0.1, 0.15) is 5.00 Å². The number of rotatable bonds is 9. The Labute approximate surface area is 212 Å². The van der Waals surface area contributed by atoms with E-state index >= 15 is 0 Å². The molecule has 0 saturated carbocycles. The minimum Gasteiger partial charge on any atom is -0.465 e. The molecule has 0 bridgehead atoms. The van der Waals surface area contributed by atoms with Crippen molar-refractivity contribution in [3.05, 3.63) is 32.3 Å². The largest absolute Gasteiger partial charge is 0.465 e. The third kappa shape index (κ3) is 5.23. The van der Waals surface area contributed by atoms with Crippen LogP contribution in [0.2, 0.25) is 0 Å². The van der Waals surface area contributed by atoms with Crippen molar-refractivity contribution in [2.45, 2.75) is 70.5 Å². The van der Waals surface area contributed by atoms with Gasteiger partial charge in [-0.2, -0.15) is 0 Å². The molecule has 0 atom stereocenters. The number of aromatic nitrogens is 3. The number of fused-ring (bicyclic) bond motifs is 1. The number of amides is 1. The van der Waals surface area contributed by atoms with Crippen LogP contribution < -0.4 is 5.32 Å². The smallest absolute Gasteiger partial charge is 0.341 e. The Morgan fingerprint density at radius 3 is 2.79 bits per heavy atom. The molecule has 0 radical (unpaired) electrons. The Hall–Kier alpha value is -2.17. The number of aryl methyl sites for hydroxylation is 2. The van der Waals surface area contributed by atoms with Gasteiger partial charge in [0.05, 0.1) is 18.4 Å². The first-order valence-corrected chi connectivity index (χ1v) is 14.3. The van der Waals surface area contributed by atoms with Crippen molar-refractivity contribution in [3.8, 4) is 11.4 Å². The highest BCUT2D eigenvalue weighted by atomic mass is 32.2. The molecule has 0 aliphatic heterocycles. The minimum atomic E-state index is -0.384. The van der Waals surface area contributed by atoms with Gasteiger partial charge >= 0.3 is 5.97 Å². The molecule has 0 spiro atoms. The van der Waals surface area contributed by atoms with Gasteiger partial charge in [-0.1, -0.05) is 25.1 Å². The van der Waals surface area contributed by atoms with Gasteiger partial charge in [0.25, 0.3) is 0 Å². The molecule has 3 aromatic heterocycles. The summed E-state index contributed by atoms with van der Waals surface area (Å²) in [4.78, 5) is 27.8. The maximum absolute atomic E-state index is 12.9. The summed E-state index contributed by atoms with van der Waals surface area (Å²) in [5.74, 6) is 0.452. The van der Waals surface area contributed by atoms with Crippen LogP contribution in [0.3, 0.4) is 0 Å². The number of thiophene rings is 2. The molecule has 3 heterocycles. The second-order valence-electron chi connectivity index (χ2n) is 8.57. The van der Waals surface area contributed by atoms with Crippen molar-refractivity contribution in [1.29, 1.82) is 0 Å². The maximum atomic E-state index is 12.9. The van der Waals surface area contributed by atoms with Crippen molar-refractivity contribution >= 4 is 51.3 Å². The van der Waals surface area contributed by atoms with E-state index in [0.29, 0.717) is 15.7 Å². The van der Waals surface area contributed by atoms with Gasteiger partial charge in [-0.25, -0.2) is 4.79 Å².